The van der Waals surface area contributed by atoms with Crippen LogP contribution in [0.5, 0.6) is 0 Å². The molecule has 0 bridgehead atoms. The van der Waals surface area contributed by atoms with E-state index >= 15 is 0 Å². The van der Waals surface area contributed by atoms with Crippen molar-refractivity contribution in [3.8, 4) is 0 Å². The minimum absolute atomic E-state index is 0.329. The van der Waals surface area contributed by atoms with Crippen LogP contribution in [0.25, 0.3) is 0 Å². The number of imide groups is 2. The van der Waals surface area contributed by atoms with Gasteiger partial charge in [-0.25, -0.2) is 9.69 Å². The van der Waals surface area contributed by atoms with Crippen LogP contribution in [0, 0.1) is 13.8 Å². The molecule has 0 atom stereocenters. The first-order chi connectivity index (χ1) is 10.3. The maximum Gasteiger partial charge on any atom is 0.334 e. The Labute approximate surface area is 127 Å². The Bertz CT molecular complexity index is 715. The van der Waals surface area contributed by atoms with Gasteiger partial charge in [0, 0.05) is 30.0 Å². The molecule has 1 saturated heterocycles. The van der Waals surface area contributed by atoms with Crippen molar-refractivity contribution in [3.05, 3.63) is 23.0 Å². The number of nitrogens with zero attached hydrogens (tertiary/aromatic N) is 3. The Kier molecular flexibility index (Phi) is 3.16. The zero-order valence-corrected chi connectivity index (χ0v) is 12.8. The fraction of sp³-hybridized carbons (Fsp3) is 0.467. The van der Waals surface area contributed by atoms with Gasteiger partial charge in [-0.2, -0.15) is 0 Å². The first-order valence-corrected chi connectivity index (χ1v) is 7.18. The predicted molar refractivity (Wildman–Crippen MR) is 76.4 cm³/mol. The molecule has 7 heteroatoms. The quantitative estimate of drug-likeness (QED) is 0.473. The number of aromatic nitrogens is 1. The Morgan fingerprint density at radius 1 is 1.18 bits per heavy atom. The van der Waals surface area contributed by atoms with Crippen molar-refractivity contribution in [3.63, 3.8) is 0 Å². The van der Waals surface area contributed by atoms with Crippen molar-refractivity contribution in [2.75, 3.05) is 13.6 Å². The maximum absolute atomic E-state index is 12.4. The van der Waals surface area contributed by atoms with Crippen molar-refractivity contribution in [1.82, 2.24) is 14.4 Å². The lowest BCUT2D eigenvalue weighted by Crippen LogP contribution is -2.36. The molecule has 0 N–H and O–H groups in total. The monoisotopic (exact) mass is 303 g/mol. The van der Waals surface area contributed by atoms with Gasteiger partial charge in [-0.3, -0.25) is 19.3 Å². The molecule has 2 fully saturated rings. The molecule has 22 heavy (non-hydrogen) atoms. The van der Waals surface area contributed by atoms with Crippen LogP contribution in [0.4, 0.5) is 4.79 Å². The molecule has 4 amide bonds. The van der Waals surface area contributed by atoms with E-state index in [4.69, 9.17) is 0 Å². The summed E-state index contributed by atoms with van der Waals surface area (Å²) in [5, 5.41) is 0. The Balaban J connectivity index is 1.84. The number of hydrogen-bond donors (Lipinski definition) is 0. The molecule has 0 unspecified atom stereocenters. The van der Waals surface area contributed by atoms with E-state index in [-0.39, 0.29) is 5.78 Å². The minimum atomic E-state index is -0.947. The number of ketones is 1. The largest absolute Gasteiger partial charge is 0.345 e. The van der Waals surface area contributed by atoms with Gasteiger partial charge in [0.2, 0.25) is 0 Å². The second-order valence-corrected chi connectivity index (χ2v) is 5.85. The highest BCUT2D eigenvalue weighted by Gasteiger charge is 2.43. The molecule has 116 valence electrons. The molecule has 1 aliphatic carbocycles. The second kappa shape index (κ2) is 4.79. The van der Waals surface area contributed by atoms with Crippen molar-refractivity contribution >= 4 is 23.6 Å². The van der Waals surface area contributed by atoms with Gasteiger partial charge >= 0.3 is 17.8 Å². The van der Waals surface area contributed by atoms with Crippen molar-refractivity contribution in [2.45, 2.75) is 32.7 Å². The van der Waals surface area contributed by atoms with Gasteiger partial charge in [0.15, 0.2) is 5.78 Å². The summed E-state index contributed by atoms with van der Waals surface area (Å²) in [5.74, 6) is -2.18. The molecule has 1 aromatic heterocycles. The van der Waals surface area contributed by atoms with Crippen LogP contribution in [0.2, 0.25) is 0 Å². The van der Waals surface area contributed by atoms with Gasteiger partial charge in [0.05, 0.1) is 6.54 Å². The number of carbonyl (C=O) groups is 4. The number of aryl methyl sites for hydroxylation is 1. The highest BCUT2D eigenvalue weighted by Crippen LogP contribution is 2.38. The molecule has 2 aliphatic rings. The molecule has 1 aromatic rings. The topological polar surface area (TPSA) is 79.7 Å². The molecule has 0 radical (unpaired) electrons. The molecule has 3 rings (SSSR count). The summed E-state index contributed by atoms with van der Waals surface area (Å²) in [4.78, 5) is 48.9. The fourth-order valence-corrected chi connectivity index (χ4v) is 2.94. The van der Waals surface area contributed by atoms with Crippen LogP contribution in [-0.4, -0.2) is 51.6 Å². The Hall–Kier alpha value is -2.44. The van der Waals surface area contributed by atoms with Crippen LogP contribution < -0.4 is 0 Å². The van der Waals surface area contributed by atoms with Crippen molar-refractivity contribution < 1.29 is 19.2 Å². The molecule has 1 saturated carbocycles. The van der Waals surface area contributed by atoms with Gasteiger partial charge in [0.1, 0.15) is 0 Å². The number of rotatable bonds is 4. The lowest BCUT2D eigenvalue weighted by atomic mass is 10.1. The van der Waals surface area contributed by atoms with Crippen molar-refractivity contribution in [1.29, 1.82) is 0 Å². The number of amides is 4. The van der Waals surface area contributed by atoms with Crippen LogP contribution in [0.3, 0.4) is 0 Å². The zero-order chi connectivity index (χ0) is 16.2. The molecular weight excluding hydrogens is 286 g/mol. The predicted octanol–water partition coefficient (Wildman–Crippen LogP) is 1.04. The van der Waals surface area contributed by atoms with Gasteiger partial charge in [0.25, 0.3) is 0 Å². The zero-order valence-electron chi connectivity index (χ0n) is 12.8. The van der Waals surface area contributed by atoms with Crippen molar-refractivity contribution in [2.24, 2.45) is 0 Å². The average Bonchev–Trinajstić information content (AvgIpc) is 3.23. The van der Waals surface area contributed by atoms with Gasteiger partial charge < -0.3 is 4.57 Å². The van der Waals surface area contributed by atoms with Gasteiger partial charge in [-0.1, -0.05) is 0 Å². The smallest absolute Gasteiger partial charge is 0.334 e. The van der Waals surface area contributed by atoms with Gasteiger partial charge in [-0.15, -0.1) is 0 Å². The Morgan fingerprint density at radius 3 is 2.32 bits per heavy atom. The molecule has 7 nitrogen and oxygen atoms in total. The molecule has 0 aromatic carbocycles. The van der Waals surface area contributed by atoms with Crippen LogP contribution >= 0.6 is 0 Å². The standard InChI is InChI=1S/C15H17N3O4/c1-8-6-11(9(2)18(8)10-4-5-10)12(19)7-17-14(21)13(20)16(3)15(17)22/h6,10H,4-5,7H2,1-3H3. The maximum atomic E-state index is 12.4. The summed E-state index contributed by atoms with van der Waals surface area (Å²) in [5.41, 5.74) is 2.35. The van der Waals surface area contributed by atoms with Crippen LogP contribution in [0.1, 0.15) is 40.6 Å². The van der Waals surface area contributed by atoms with Gasteiger partial charge in [-0.05, 0) is 32.8 Å². The number of hydrogen-bond acceptors (Lipinski definition) is 4. The third-order valence-corrected chi connectivity index (χ3v) is 4.25. The van der Waals surface area contributed by atoms with E-state index in [2.05, 4.69) is 4.57 Å². The van der Waals surface area contributed by atoms with E-state index in [9.17, 15) is 19.2 Å². The summed E-state index contributed by atoms with van der Waals surface area (Å²) in [6.07, 6.45) is 2.21. The fourth-order valence-electron chi connectivity index (χ4n) is 2.94. The van der Waals surface area contributed by atoms with E-state index in [1.165, 1.54) is 7.05 Å². The van der Waals surface area contributed by atoms with E-state index in [1.807, 2.05) is 13.8 Å². The number of carbonyl (C=O) groups excluding carboxylic acids is 4. The summed E-state index contributed by atoms with van der Waals surface area (Å²) >= 11 is 0. The first-order valence-electron chi connectivity index (χ1n) is 7.18. The minimum Gasteiger partial charge on any atom is -0.345 e. The summed E-state index contributed by atoms with van der Waals surface area (Å²) in [6, 6.07) is 1.48. The van der Waals surface area contributed by atoms with E-state index in [0.29, 0.717) is 16.5 Å². The third kappa shape index (κ3) is 2.04. The summed E-state index contributed by atoms with van der Waals surface area (Å²) in [6.45, 7) is 3.40. The summed E-state index contributed by atoms with van der Waals surface area (Å²) < 4.78 is 2.12. The van der Waals surface area contributed by atoms with E-state index in [1.54, 1.807) is 6.07 Å². The van der Waals surface area contributed by atoms with Crippen LogP contribution in [-0.2, 0) is 9.59 Å². The van der Waals surface area contributed by atoms with Crippen LogP contribution in [0.15, 0.2) is 6.07 Å². The third-order valence-electron chi connectivity index (χ3n) is 4.25. The number of Topliss-reactive ketones (excluding diaryl/α,β-unsaturated/α-hetero) is 1. The molecule has 1 aliphatic heterocycles. The average molecular weight is 303 g/mol. The Morgan fingerprint density at radius 2 is 1.82 bits per heavy atom. The second-order valence-electron chi connectivity index (χ2n) is 5.85. The first kappa shape index (κ1) is 14.5. The lowest BCUT2D eigenvalue weighted by Gasteiger charge is -2.12. The van der Waals surface area contributed by atoms with E-state index < -0.39 is 24.4 Å². The highest BCUT2D eigenvalue weighted by atomic mass is 16.2. The SMILES string of the molecule is Cc1cc(C(=O)CN2C(=O)C(=O)N(C)C2=O)c(C)n1C1CC1. The highest BCUT2D eigenvalue weighted by molar-refractivity contribution is 6.45. The summed E-state index contributed by atoms with van der Waals surface area (Å²) in [7, 11) is 1.23. The molecule has 0 spiro atoms. The van der Waals surface area contributed by atoms with E-state index in [0.717, 1.165) is 29.1 Å². The normalized spacial score (nSPS) is 18.6. The molecule has 2 heterocycles. The molecular formula is C15H17N3O4. The number of likely N-dealkylation sites (N-methyl/N-ethyl adjacent to an activating group) is 1. The number of urea groups is 1. The lowest BCUT2D eigenvalue weighted by molar-refractivity contribution is -0.142.